The number of rotatable bonds is 0. The number of hydrogen-bond donors (Lipinski definition) is 1. The van der Waals surface area contributed by atoms with Crippen molar-refractivity contribution in [3.05, 3.63) is 46.1 Å². The Morgan fingerprint density at radius 2 is 2.19 bits per heavy atom. The Labute approximate surface area is 94.0 Å². The monoisotopic (exact) mass is 208 g/mol. The van der Waals surface area contributed by atoms with E-state index in [0.29, 0.717) is 5.56 Å². The summed E-state index contributed by atoms with van der Waals surface area (Å²) in [7, 11) is 5.74. The van der Waals surface area contributed by atoms with Gasteiger partial charge in [0.2, 0.25) is 0 Å². The van der Waals surface area contributed by atoms with Crippen molar-refractivity contribution >= 4 is 13.3 Å². The van der Waals surface area contributed by atoms with Crippen LogP contribution in [0.3, 0.4) is 0 Å². The summed E-state index contributed by atoms with van der Waals surface area (Å²) in [4.78, 5) is 18.6. The predicted molar refractivity (Wildman–Crippen MR) is 63.1 cm³/mol. The first-order valence-corrected chi connectivity index (χ1v) is 5.21. The largest absolute Gasteiger partial charge is 0.313 e. The molecule has 1 aliphatic carbocycles. The lowest BCUT2D eigenvalue weighted by Gasteiger charge is -2.18. The molecule has 2 aromatic rings. The second-order valence-electron chi connectivity index (χ2n) is 3.97. The number of nitrogens with one attached hydrogen (secondary N) is 1. The molecule has 0 fully saturated rings. The summed E-state index contributed by atoms with van der Waals surface area (Å²) in [5.41, 5.74) is 4.33. The van der Waals surface area contributed by atoms with Crippen LogP contribution in [0.15, 0.2) is 29.3 Å². The summed E-state index contributed by atoms with van der Waals surface area (Å²) in [5.74, 6) is 0. The quantitative estimate of drug-likeness (QED) is 0.634. The van der Waals surface area contributed by atoms with E-state index in [1.807, 2.05) is 18.2 Å². The van der Waals surface area contributed by atoms with Crippen LogP contribution in [0.1, 0.15) is 11.3 Å². The molecule has 0 amide bonds. The molecule has 0 saturated heterocycles. The zero-order valence-corrected chi connectivity index (χ0v) is 8.66. The summed E-state index contributed by atoms with van der Waals surface area (Å²) in [5, 5.41) is 0. The Kier molecular flexibility index (Phi) is 1.96. The van der Waals surface area contributed by atoms with Gasteiger partial charge in [0.05, 0.1) is 17.6 Å². The van der Waals surface area contributed by atoms with Crippen LogP contribution < -0.4 is 11.0 Å². The predicted octanol–water partition coefficient (Wildman–Crippen LogP) is 0.329. The zero-order valence-electron chi connectivity index (χ0n) is 8.66. The van der Waals surface area contributed by atoms with E-state index in [4.69, 9.17) is 7.85 Å². The van der Waals surface area contributed by atoms with Gasteiger partial charge < -0.3 is 4.98 Å². The van der Waals surface area contributed by atoms with Crippen molar-refractivity contribution in [3.8, 4) is 11.1 Å². The number of aryl methyl sites for hydroxylation is 2. The summed E-state index contributed by atoms with van der Waals surface area (Å²) in [6.45, 7) is 0. The third-order valence-electron chi connectivity index (χ3n) is 2.96. The highest BCUT2D eigenvalue weighted by Gasteiger charge is 2.19. The second-order valence-corrected chi connectivity index (χ2v) is 3.97. The molecular formula is C12H9BN2O. The van der Waals surface area contributed by atoms with Crippen molar-refractivity contribution in [3.63, 3.8) is 0 Å². The minimum atomic E-state index is -0.0734. The van der Waals surface area contributed by atoms with Crippen molar-refractivity contribution in [2.24, 2.45) is 0 Å². The molecule has 1 heterocycles. The number of H-pyrrole nitrogens is 1. The Morgan fingerprint density at radius 3 is 3.06 bits per heavy atom. The third kappa shape index (κ3) is 1.30. The maximum Gasteiger partial charge on any atom is 0.258 e. The van der Waals surface area contributed by atoms with E-state index in [2.05, 4.69) is 9.97 Å². The van der Waals surface area contributed by atoms with Gasteiger partial charge in [-0.05, 0) is 24.0 Å². The summed E-state index contributed by atoms with van der Waals surface area (Å²) in [6.07, 6.45) is 3.16. The molecule has 0 bridgehead atoms. The molecule has 76 valence electrons. The molecule has 16 heavy (non-hydrogen) atoms. The van der Waals surface area contributed by atoms with Crippen LogP contribution in [-0.2, 0) is 12.8 Å². The van der Waals surface area contributed by atoms with Gasteiger partial charge in [0.25, 0.3) is 5.56 Å². The fraction of sp³-hybridized carbons (Fsp3) is 0.167. The molecule has 1 aromatic carbocycles. The van der Waals surface area contributed by atoms with Crippen molar-refractivity contribution in [2.45, 2.75) is 12.8 Å². The fourth-order valence-electron chi connectivity index (χ4n) is 2.22. The molecular weight excluding hydrogens is 199 g/mol. The van der Waals surface area contributed by atoms with E-state index in [0.717, 1.165) is 35.1 Å². The van der Waals surface area contributed by atoms with Gasteiger partial charge in [0.15, 0.2) is 0 Å². The molecule has 0 unspecified atom stereocenters. The van der Waals surface area contributed by atoms with E-state index in [1.165, 1.54) is 6.33 Å². The third-order valence-corrected chi connectivity index (χ3v) is 2.96. The average molecular weight is 208 g/mol. The first-order valence-electron chi connectivity index (χ1n) is 5.21. The number of nitrogens with zero attached hydrogens (tertiary/aromatic N) is 1. The zero-order chi connectivity index (χ0) is 11.1. The molecule has 0 aliphatic heterocycles. The standard InChI is InChI=1S/C12H9BN2O/c13-8-2-3-9-7(5-8)1-4-10-11(9)12(16)15-6-14-10/h2-3,5-6H,1,4H2,(H,14,15,16). The number of benzene rings is 1. The van der Waals surface area contributed by atoms with Gasteiger partial charge in [-0.15, -0.1) is 0 Å². The maximum absolute atomic E-state index is 11.8. The van der Waals surface area contributed by atoms with Crippen molar-refractivity contribution < 1.29 is 0 Å². The van der Waals surface area contributed by atoms with Gasteiger partial charge in [-0.1, -0.05) is 23.7 Å². The SMILES string of the molecule is [B]c1ccc2c(c1)CCc1nc[nH]c(=O)c1-2. The van der Waals surface area contributed by atoms with E-state index < -0.39 is 0 Å². The van der Waals surface area contributed by atoms with Gasteiger partial charge in [-0.3, -0.25) is 4.79 Å². The van der Waals surface area contributed by atoms with E-state index in [1.54, 1.807) is 0 Å². The van der Waals surface area contributed by atoms with Crippen LogP contribution in [0, 0.1) is 0 Å². The Bertz CT molecular complexity index is 619. The first-order chi connectivity index (χ1) is 7.75. The van der Waals surface area contributed by atoms with Gasteiger partial charge in [-0.2, -0.15) is 0 Å². The number of aromatic amines is 1. The lowest BCUT2D eigenvalue weighted by molar-refractivity contribution is 0.875. The van der Waals surface area contributed by atoms with Crippen LogP contribution in [0.4, 0.5) is 0 Å². The van der Waals surface area contributed by atoms with Gasteiger partial charge in [-0.25, -0.2) is 4.98 Å². The van der Waals surface area contributed by atoms with Crippen LogP contribution >= 0.6 is 0 Å². The molecule has 0 spiro atoms. The van der Waals surface area contributed by atoms with E-state index in [-0.39, 0.29) is 5.56 Å². The normalized spacial score (nSPS) is 13.0. The number of hydrogen-bond acceptors (Lipinski definition) is 2. The summed E-state index contributed by atoms with van der Waals surface area (Å²) >= 11 is 0. The molecule has 3 nitrogen and oxygen atoms in total. The topological polar surface area (TPSA) is 45.8 Å². The number of fused-ring (bicyclic) bond motifs is 3. The molecule has 2 radical (unpaired) electrons. The van der Waals surface area contributed by atoms with E-state index in [9.17, 15) is 4.79 Å². The minimum absolute atomic E-state index is 0.0734. The second kappa shape index (κ2) is 3.34. The molecule has 1 N–H and O–H groups in total. The molecule has 0 atom stereocenters. The Morgan fingerprint density at radius 1 is 1.31 bits per heavy atom. The Balaban J connectivity index is 2.34. The number of aromatic nitrogens is 2. The van der Waals surface area contributed by atoms with Gasteiger partial charge in [0, 0.05) is 0 Å². The lowest BCUT2D eigenvalue weighted by atomic mass is 9.84. The minimum Gasteiger partial charge on any atom is -0.313 e. The lowest BCUT2D eigenvalue weighted by Crippen LogP contribution is -2.19. The molecule has 3 rings (SSSR count). The van der Waals surface area contributed by atoms with Crippen LogP contribution in [0.5, 0.6) is 0 Å². The maximum atomic E-state index is 11.8. The molecule has 0 saturated carbocycles. The molecule has 4 heteroatoms. The van der Waals surface area contributed by atoms with E-state index >= 15 is 0 Å². The highest BCUT2D eigenvalue weighted by atomic mass is 16.1. The summed E-state index contributed by atoms with van der Waals surface area (Å²) < 4.78 is 0. The van der Waals surface area contributed by atoms with Gasteiger partial charge >= 0.3 is 0 Å². The smallest absolute Gasteiger partial charge is 0.258 e. The Hall–Kier alpha value is -1.84. The summed E-state index contributed by atoms with van der Waals surface area (Å²) in [6, 6.07) is 5.66. The average Bonchev–Trinajstić information content (AvgIpc) is 2.29. The van der Waals surface area contributed by atoms with Crippen molar-refractivity contribution in [1.29, 1.82) is 0 Å². The van der Waals surface area contributed by atoms with Crippen LogP contribution in [-0.4, -0.2) is 17.8 Å². The van der Waals surface area contributed by atoms with Crippen molar-refractivity contribution in [1.82, 2.24) is 9.97 Å². The highest BCUT2D eigenvalue weighted by molar-refractivity contribution is 6.32. The molecule has 1 aliphatic rings. The van der Waals surface area contributed by atoms with Gasteiger partial charge in [0.1, 0.15) is 7.85 Å². The highest BCUT2D eigenvalue weighted by Crippen LogP contribution is 2.28. The van der Waals surface area contributed by atoms with Crippen molar-refractivity contribution in [2.75, 3.05) is 0 Å². The van der Waals surface area contributed by atoms with Crippen LogP contribution in [0.25, 0.3) is 11.1 Å². The fourth-order valence-corrected chi connectivity index (χ4v) is 2.22. The molecule has 1 aromatic heterocycles. The first kappa shape index (κ1) is 9.40. The van der Waals surface area contributed by atoms with Crippen LogP contribution in [0.2, 0.25) is 0 Å².